The van der Waals surface area contributed by atoms with Crippen LogP contribution in [0.1, 0.15) is 12.5 Å². The second kappa shape index (κ2) is 6.65. The van der Waals surface area contributed by atoms with Crippen molar-refractivity contribution in [2.45, 2.75) is 19.4 Å². The van der Waals surface area contributed by atoms with E-state index in [2.05, 4.69) is 52.4 Å². The summed E-state index contributed by atoms with van der Waals surface area (Å²) in [7, 11) is 0. The largest absolute Gasteiger partial charge is 0.381 e. The maximum atomic E-state index is 6.16. The summed E-state index contributed by atoms with van der Waals surface area (Å²) in [5.41, 5.74) is 2.15. The molecular formula is C15H14BrCl2N. The van der Waals surface area contributed by atoms with Crippen LogP contribution >= 0.6 is 39.1 Å². The average Bonchev–Trinajstić information content (AvgIpc) is 2.38. The molecule has 0 amide bonds. The third-order valence-corrected chi connectivity index (χ3v) is 4.16. The molecule has 2 aromatic rings. The van der Waals surface area contributed by atoms with E-state index in [9.17, 15) is 0 Å². The van der Waals surface area contributed by atoms with Crippen molar-refractivity contribution < 1.29 is 0 Å². The van der Waals surface area contributed by atoms with Gasteiger partial charge in [-0.15, -0.1) is 0 Å². The molecule has 0 fully saturated rings. The van der Waals surface area contributed by atoms with Crippen molar-refractivity contribution >= 4 is 44.8 Å². The molecule has 2 rings (SSSR count). The Bertz CT molecular complexity index is 555. The molecule has 0 heterocycles. The maximum Gasteiger partial charge on any atom is 0.0823 e. The SMILES string of the molecule is CC(Cc1ccc(Br)cc1)Nc1cccc(Cl)c1Cl. The minimum atomic E-state index is 0.275. The molecule has 0 saturated heterocycles. The van der Waals surface area contributed by atoms with E-state index in [0.29, 0.717) is 10.0 Å². The fourth-order valence-corrected chi connectivity index (χ4v) is 2.53. The van der Waals surface area contributed by atoms with Crippen molar-refractivity contribution in [1.82, 2.24) is 0 Å². The second-order valence-electron chi connectivity index (χ2n) is 4.48. The number of rotatable bonds is 4. The topological polar surface area (TPSA) is 12.0 Å². The lowest BCUT2D eigenvalue weighted by atomic mass is 10.1. The Hall–Kier alpha value is -0.700. The molecule has 1 N–H and O–H groups in total. The summed E-state index contributed by atoms with van der Waals surface area (Å²) < 4.78 is 1.09. The zero-order valence-corrected chi connectivity index (χ0v) is 13.6. The molecule has 0 bridgehead atoms. The predicted molar refractivity (Wildman–Crippen MR) is 87.4 cm³/mol. The van der Waals surface area contributed by atoms with Gasteiger partial charge in [-0.3, -0.25) is 0 Å². The van der Waals surface area contributed by atoms with E-state index < -0.39 is 0 Å². The molecule has 0 aliphatic rings. The highest BCUT2D eigenvalue weighted by Gasteiger charge is 2.08. The molecule has 2 aromatic carbocycles. The van der Waals surface area contributed by atoms with Gasteiger partial charge in [-0.2, -0.15) is 0 Å². The van der Waals surface area contributed by atoms with Crippen LogP contribution in [0.3, 0.4) is 0 Å². The van der Waals surface area contributed by atoms with Crippen LogP contribution in [0, 0.1) is 0 Å². The minimum absolute atomic E-state index is 0.275. The molecule has 1 nitrogen and oxygen atoms in total. The van der Waals surface area contributed by atoms with E-state index in [-0.39, 0.29) is 6.04 Å². The zero-order chi connectivity index (χ0) is 13.8. The summed E-state index contributed by atoms with van der Waals surface area (Å²) in [4.78, 5) is 0. The molecule has 100 valence electrons. The summed E-state index contributed by atoms with van der Waals surface area (Å²) in [6.45, 7) is 2.12. The second-order valence-corrected chi connectivity index (χ2v) is 6.18. The first-order valence-electron chi connectivity index (χ1n) is 6.01. The van der Waals surface area contributed by atoms with Crippen LogP contribution in [0.15, 0.2) is 46.9 Å². The van der Waals surface area contributed by atoms with Gasteiger partial charge in [0.1, 0.15) is 0 Å². The Morgan fingerprint density at radius 1 is 1.11 bits per heavy atom. The molecule has 0 radical (unpaired) electrons. The van der Waals surface area contributed by atoms with Gasteiger partial charge in [0.2, 0.25) is 0 Å². The Balaban J connectivity index is 2.03. The van der Waals surface area contributed by atoms with E-state index in [1.807, 2.05) is 12.1 Å². The van der Waals surface area contributed by atoms with Gasteiger partial charge in [-0.1, -0.05) is 57.3 Å². The number of hydrogen-bond acceptors (Lipinski definition) is 1. The van der Waals surface area contributed by atoms with Crippen molar-refractivity contribution in [3.63, 3.8) is 0 Å². The highest BCUT2D eigenvalue weighted by molar-refractivity contribution is 9.10. The summed E-state index contributed by atoms with van der Waals surface area (Å²) >= 11 is 15.6. The molecule has 0 saturated carbocycles. The summed E-state index contributed by atoms with van der Waals surface area (Å²) in [6.07, 6.45) is 0.927. The molecule has 0 aliphatic carbocycles. The fraction of sp³-hybridized carbons (Fsp3) is 0.200. The molecule has 0 aliphatic heterocycles. The van der Waals surface area contributed by atoms with Gasteiger partial charge in [0, 0.05) is 10.5 Å². The van der Waals surface area contributed by atoms with Gasteiger partial charge >= 0.3 is 0 Å². The van der Waals surface area contributed by atoms with Crippen molar-refractivity contribution in [2.75, 3.05) is 5.32 Å². The first-order chi connectivity index (χ1) is 9.06. The van der Waals surface area contributed by atoms with Crippen LogP contribution in [0.4, 0.5) is 5.69 Å². The number of halogens is 3. The van der Waals surface area contributed by atoms with Crippen molar-refractivity contribution in [1.29, 1.82) is 0 Å². The Morgan fingerprint density at radius 3 is 2.47 bits per heavy atom. The minimum Gasteiger partial charge on any atom is -0.381 e. The zero-order valence-electron chi connectivity index (χ0n) is 10.5. The smallest absolute Gasteiger partial charge is 0.0823 e. The van der Waals surface area contributed by atoms with Crippen molar-refractivity contribution in [2.24, 2.45) is 0 Å². The van der Waals surface area contributed by atoms with Gasteiger partial charge < -0.3 is 5.32 Å². The third kappa shape index (κ3) is 4.13. The Labute approximate surface area is 132 Å². The third-order valence-electron chi connectivity index (χ3n) is 2.81. The average molecular weight is 359 g/mol. The van der Waals surface area contributed by atoms with Crippen LogP contribution in [-0.4, -0.2) is 6.04 Å². The normalized spacial score (nSPS) is 12.2. The maximum absolute atomic E-state index is 6.16. The van der Waals surface area contributed by atoms with Crippen LogP contribution in [0.5, 0.6) is 0 Å². The first kappa shape index (κ1) is 14.7. The highest BCUT2D eigenvalue weighted by atomic mass is 79.9. The number of anilines is 1. The molecule has 4 heteroatoms. The van der Waals surface area contributed by atoms with Gasteiger partial charge in [0.15, 0.2) is 0 Å². The van der Waals surface area contributed by atoms with E-state index in [4.69, 9.17) is 23.2 Å². The van der Waals surface area contributed by atoms with Gasteiger partial charge in [0.25, 0.3) is 0 Å². The fourth-order valence-electron chi connectivity index (χ4n) is 1.91. The molecule has 0 aromatic heterocycles. The number of hydrogen-bond donors (Lipinski definition) is 1. The lowest BCUT2D eigenvalue weighted by Crippen LogP contribution is -2.18. The van der Waals surface area contributed by atoms with Gasteiger partial charge in [0.05, 0.1) is 15.7 Å². The molecule has 19 heavy (non-hydrogen) atoms. The van der Waals surface area contributed by atoms with E-state index in [1.165, 1.54) is 5.56 Å². The summed E-state index contributed by atoms with van der Waals surface area (Å²) in [5, 5.41) is 4.53. The van der Waals surface area contributed by atoms with E-state index in [0.717, 1.165) is 16.6 Å². The monoisotopic (exact) mass is 357 g/mol. The molecule has 1 unspecified atom stereocenters. The van der Waals surface area contributed by atoms with E-state index >= 15 is 0 Å². The lowest BCUT2D eigenvalue weighted by Gasteiger charge is -2.17. The molecule has 0 spiro atoms. The van der Waals surface area contributed by atoms with Crippen LogP contribution in [-0.2, 0) is 6.42 Å². The number of benzene rings is 2. The van der Waals surface area contributed by atoms with Gasteiger partial charge in [-0.25, -0.2) is 0 Å². The standard InChI is InChI=1S/C15H14BrCl2N/c1-10(9-11-5-7-12(16)8-6-11)19-14-4-2-3-13(17)15(14)18/h2-8,10,19H,9H2,1H3. The lowest BCUT2D eigenvalue weighted by molar-refractivity contribution is 0.790. The number of nitrogens with one attached hydrogen (secondary N) is 1. The molecule has 1 atom stereocenters. The highest BCUT2D eigenvalue weighted by Crippen LogP contribution is 2.30. The molecular weight excluding hydrogens is 345 g/mol. The summed E-state index contributed by atoms with van der Waals surface area (Å²) in [5.74, 6) is 0. The Kier molecular flexibility index (Phi) is 5.14. The van der Waals surface area contributed by atoms with E-state index in [1.54, 1.807) is 6.07 Å². The van der Waals surface area contributed by atoms with Crippen molar-refractivity contribution in [3.8, 4) is 0 Å². The van der Waals surface area contributed by atoms with Crippen LogP contribution in [0.25, 0.3) is 0 Å². The van der Waals surface area contributed by atoms with Crippen LogP contribution in [0.2, 0.25) is 10.0 Å². The first-order valence-corrected chi connectivity index (χ1v) is 7.56. The Morgan fingerprint density at radius 2 is 1.79 bits per heavy atom. The van der Waals surface area contributed by atoms with Gasteiger partial charge in [-0.05, 0) is 43.2 Å². The van der Waals surface area contributed by atoms with Crippen LogP contribution < -0.4 is 5.32 Å². The van der Waals surface area contributed by atoms with Crippen molar-refractivity contribution in [3.05, 3.63) is 62.5 Å². The quantitative estimate of drug-likeness (QED) is 0.728. The summed E-state index contributed by atoms with van der Waals surface area (Å²) in [6, 6.07) is 14.2. The predicted octanol–water partition coefficient (Wildman–Crippen LogP) is 5.80.